The molecule has 1 atom stereocenters. The van der Waals surface area contributed by atoms with Gasteiger partial charge in [-0.1, -0.05) is 24.3 Å². The maximum absolute atomic E-state index is 12.2. The van der Waals surface area contributed by atoms with Crippen LogP contribution in [0.1, 0.15) is 18.1 Å². The molecule has 30 heavy (non-hydrogen) atoms. The van der Waals surface area contributed by atoms with E-state index in [-0.39, 0.29) is 18.1 Å². The lowest BCUT2D eigenvalue weighted by molar-refractivity contribution is -0.126. The molecule has 1 unspecified atom stereocenters. The summed E-state index contributed by atoms with van der Waals surface area (Å²) in [5.74, 6) is -0.0771. The van der Waals surface area contributed by atoms with Crippen LogP contribution in [0.5, 0.6) is 5.75 Å². The molecular formula is C20H24N4O5S. The first-order valence-electron chi connectivity index (χ1n) is 8.96. The van der Waals surface area contributed by atoms with Gasteiger partial charge in [0.1, 0.15) is 11.8 Å². The van der Waals surface area contributed by atoms with E-state index in [2.05, 4.69) is 15.4 Å². The van der Waals surface area contributed by atoms with Gasteiger partial charge in [0.05, 0.1) is 12.8 Å². The van der Waals surface area contributed by atoms with E-state index in [1.54, 1.807) is 62.6 Å². The number of nitrogens with one attached hydrogen (secondary N) is 3. The van der Waals surface area contributed by atoms with Gasteiger partial charge in [-0.2, -0.15) is 8.42 Å². The summed E-state index contributed by atoms with van der Waals surface area (Å²) < 4.78 is 29.4. The molecule has 0 aliphatic rings. The second kappa shape index (κ2) is 10.4. The van der Waals surface area contributed by atoms with Crippen molar-refractivity contribution in [1.29, 1.82) is 0 Å². The van der Waals surface area contributed by atoms with Crippen molar-refractivity contribution >= 4 is 33.8 Å². The van der Waals surface area contributed by atoms with Crippen molar-refractivity contribution in [2.45, 2.75) is 19.5 Å². The third-order valence-electron chi connectivity index (χ3n) is 3.95. The highest BCUT2D eigenvalue weighted by Gasteiger charge is 2.14. The molecule has 0 saturated heterocycles. The van der Waals surface area contributed by atoms with Crippen LogP contribution in [0.4, 0.5) is 5.69 Å². The van der Waals surface area contributed by atoms with Crippen molar-refractivity contribution < 1.29 is 22.7 Å². The quantitative estimate of drug-likeness (QED) is 0.440. The number of nitrogens with two attached hydrogens (primary N) is 1. The van der Waals surface area contributed by atoms with Crippen LogP contribution in [-0.2, 0) is 26.3 Å². The largest absolute Gasteiger partial charge is 0.497 e. The van der Waals surface area contributed by atoms with Gasteiger partial charge in [-0.3, -0.25) is 14.3 Å². The molecule has 0 bridgehead atoms. The number of amides is 2. The van der Waals surface area contributed by atoms with Crippen molar-refractivity contribution in [3.63, 3.8) is 0 Å². The zero-order chi connectivity index (χ0) is 22.1. The van der Waals surface area contributed by atoms with Crippen LogP contribution in [0.15, 0.2) is 54.6 Å². The number of ether oxygens (including phenoxy) is 1. The van der Waals surface area contributed by atoms with Gasteiger partial charge in [-0.25, -0.2) is 5.14 Å². The lowest BCUT2D eigenvalue weighted by Crippen LogP contribution is -2.44. The summed E-state index contributed by atoms with van der Waals surface area (Å²) in [6, 6.07) is 12.8. The molecule has 0 aliphatic heterocycles. The summed E-state index contributed by atoms with van der Waals surface area (Å²) >= 11 is 0. The minimum atomic E-state index is -3.88. The minimum absolute atomic E-state index is 0.154. The zero-order valence-electron chi connectivity index (χ0n) is 16.6. The predicted molar refractivity (Wildman–Crippen MR) is 115 cm³/mol. The molecular weight excluding hydrogens is 408 g/mol. The SMILES string of the molecule is COc1ccc(C=CC(=O)NC(C)C(=O)NCc2cccc(NS(N)(=O)=O)c2)cc1. The first-order chi connectivity index (χ1) is 14.2. The fraction of sp³-hybridized carbons (Fsp3) is 0.200. The van der Waals surface area contributed by atoms with Gasteiger partial charge in [0.15, 0.2) is 0 Å². The standard InChI is InChI=1S/C20H24N4O5S/c1-14(23-19(25)11-8-15-6-9-18(29-2)10-7-15)20(26)22-13-16-4-3-5-17(12-16)24-30(21,27)28/h3-12,14,24H,13H2,1-2H3,(H,22,26)(H,23,25)(H2,21,27,28). The van der Waals surface area contributed by atoms with Crippen molar-refractivity contribution in [3.8, 4) is 5.75 Å². The number of benzene rings is 2. The van der Waals surface area contributed by atoms with Gasteiger partial charge in [-0.15, -0.1) is 0 Å². The van der Waals surface area contributed by atoms with Crippen LogP contribution in [0.2, 0.25) is 0 Å². The normalized spacial score (nSPS) is 12.2. The Kier molecular flexibility index (Phi) is 7.96. The number of rotatable bonds is 9. The average molecular weight is 433 g/mol. The molecule has 10 heteroatoms. The Morgan fingerprint density at radius 2 is 1.87 bits per heavy atom. The lowest BCUT2D eigenvalue weighted by atomic mass is 10.2. The molecule has 2 aromatic rings. The van der Waals surface area contributed by atoms with Crippen molar-refractivity contribution in [3.05, 3.63) is 65.7 Å². The number of carbonyl (C=O) groups excluding carboxylic acids is 2. The highest BCUT2D eigenvalue weighted by atomic mass is 32.2. The summed E-state index contributed by atoms with van der Waals surface area (Å²) in [6.45, 7) is 1.72. The Labute approximate surface area is 175 Å². The number of carbonyl (C=O) groups is 2. The zero-order valence-corrected chi connectivity index (χ0v) is 17.4. The topological polar surface area (TPSA) is 140 Å². The summed E-state index contributed by atoms with van der Waals surface area (Å²) in [5, 5.41) is 10.2. The summed E-state index contributed by atoms with van der Waals surface area (Å²) in [4.78, 5) is 24.2. The lowest BCUT2D eigenvalue weighted by Gasteiger charge is -2.13. The van der Waals surface area contributed by atoms with E-state index in [4.69, 9.17) is 9.88 Å². The Bertz CT molecular complexity index is 1020. The Morgan fingerprint density at radius 3 is 2.50 bits per heavy atom. The molecule has 2 aromatic carbocycles. The van der Waals surface area contributed by atoms with Crippen LogP contribution in [0.25, 0.3) is 6.08 Å². The molecule has 0 aromatic heterocycles. The van der Waals surface area contributed by atoms with E-state index in [0.717, 1.165) is 5.56 Å². The summed E-state index contributed by atoms with van der Waals surface area (Å²) in [5.41, 5.74) is 1.76. The van der Waals surface area contributed by atoms with E-state index in [9.17, 15) is 18.0 Å². The van der Waals surface area contributed by atoms with E-state index < -0.39 is 22.2 Å². The second-order valence-electron chi connectivity index (χ2n) is 6.40. The highest BCUT2D eigenvalue weighted by molar-refractivity contribution is 7.90. The van der Waals surface area contributed by atoms with Crippen LogP contribution in [-0.4, -0.2) is 33.4 Å². The molecule has 9 nitrogen and oxygen atoms in total. The fourth-order valence-corrected chi connectivity index (χ4v) is 2.92. The molecule has 0 spiro atoms. The monoisotopic (exact) mass is 432 g/mol. The molecule has 0 heterocycles. The van der Waals surface area contributed by atoms with Crippen LogP contribution >= 0.6 is 0 Å². The number of hydrogen-bond acceptors (Lipinski definition) is 5. The smallest absolute Gasteiger partial charge is 0.296 e. The number of anilines is 1. The highest BCUT2D eigenvalue weighted by Crippen LogP contribution is 2.12. The molecule has 2 amide bonds. The Balaban J connectivity index is 1.84. The fourth-order valence-electron chi connectivity index (χ4n) is 2.47. The average Bonchev–Trinajstić information content (AvgIpc) is 2.69. The van der Waals surface area contributed by atoms with Crippen LogP contribution in [0.3, 0.4) is 0 Å². The van der Waals surface area contributed by atoms with Crippen molar-refractivity contribution in [1.82, 2.24) is 10.6 Å². The van der Waals surface area contributed by atoms with Gasteiger partial charge in [0.2, 0.25) is 11.8 Å². The molecule has 0 aliphatic carbocycles. The molecule has 0 fully saturated rings. The van der Waals surface area contributed by atoms with E-state index in [1.165, 1.54) is 12.1 Å². The first-order valence-corrected chi connectivity index (χ1v) is 10.5. The van der Waals surface area contributed by atoms with Crippen LogP contribution in [0, 0.1) is 0 Å². The van der Waals surface area contributed by atoms with Crippen molar-refractivity contribution in [2.75, 3.05) is 11.8 Å². The predicted octanol–water partition coefficient (Wildman–Crippen LogP) is 1.14. The van der Waals surface area contributed by atoms with Gasteiger partial charge in [-0.05, 0) is 48.4 Å². The number of methoxy groups -OCH3 is 1. The Hall–Kier alpha value is -3.37. The third-order valence-corrected chi connectivity index (χ3v) is 4.47. The van der Waals surface area contributed by atoms with Gasteiger partial charge in [0.25, 0.3) is 10.2 Å². The third kappa shape index (κ3) is 7.94. The van der Waals surface area contributed by atoms with Crippen LogP contribution < -0.4 is 25.2 Å². The Morgan fingerprint density at radius 1 is 1.17 bits per heavy atom. The molecule has 2 rings (SSSR count). The molecule has 160 valence electrons. The summed E-state index contributed by atoms with van der Waals surface area (Å²) in [7, 11) is -2.31. The van der Waals surface area contributed by atoms with Gasteiger partial charge in [0, 0.05) is 12.6 Å². The molecule has 0 saturated carbocycles. The minimum Gasteiger partial charge on any atom is -0.497 e. The van der Waals surface area contributed by atoms with Gasteiger partial charge >= 0.3 is 0 Å². The van der Waals surface area contributed by atoms with E-state index in [1.807, 2.05) is 0 Å². The maximum atomic E-state index is 12.2. The molecule has 5 N–H and O–H groups in total. The summed E-state index contributed by atoms with van der Waals surface area (Å²) in [6.07, 6.45) is 2.97. The second-order valence-corrected chi connectivity index (χ2v) is 7.70. The van der Waals surface area contributed by atoms with Crippen molar-refractivity contribution in [2.24, 2.45) is 5.14 Å². The molecule has 0 radical (unpaired) electrons. The maximum Gasteiger partial charge on any atom is 0.296 e. The first kappa shape index (κ1) is 22.9. The number of hydrogen-bond donors (Lipinski definition) is 4. The van der Waals surface area contributed by atoms with E-state index >= 15 is 0 Å². The van der Waals surface area contributed by atoms with Gasteiger partial charge < -0.3 is 15.4 Å². The van der Waals surface area contributed by atoms with E-state index in [0.29, 0.717) is 11.3 Å².